The maximum Gasteiger partial charge on any atom is 0.414 e. The molecule has 0 unspecified atom stereocenters. The number of carboxylic acids is 2. The van der Waals surface area contributed by atoms with Gasteiger partial charge in [-0.3, -0.25) is 0 Å². The molecule has 0 aromatic heterocycles. The molecule has 1 heterocycles. The molecule has 0 saturated carbocycles. The number of hydrogen-bond donors (Lipinski definition) is 3. The number of benzene rings is 1. The van der Waals surface area contributed by atoms with Gasteiger partial charge in [-0.25, -0.2) is 9.59 Å². The molecular weight excluding hydrogens is 360 g/mol. The highest BCUT2D eigenvalue weighted by atomic mass is 35.5. The molecule has 1 aliphatic heterocycles. The Balaban J connectivity index is 0.000000487. The number of hydrogen-bond acceptors (Lipinski definition) is 5. The molecule has 3 N–H and O–H groups in total. The Morgan fingerprint density at radius 1 is 1.15 bits per heavy atom. The third kappa shape index (κ3) is 8.51. The first-order valence-electron chi connectivity index (χ1n) is 8.60. The minimum absolute atomic E-state index is 0.726. The van der Waals surface area contributed by atoms with Gasteiger partial charge < -0.3 is 25.2 Å². The van der Waals surface area contributed by atoms with Crippen LogP contribution in [0.3, 0.4) is 0 Å². The number of nitrogens with one attached hydrogen (secondary N) is 1. The maximum absolute atomic E-state index is 9.10. The lowest BCUT2D eigenvalue weighted by atomic mass is 10.1. The lowest BCUT2D eigenvalue weighted by Crippen LogP contribution is -2.43. The van der Waals surface area contributed by atoms with Gasteiger partial charge in [-0.2, -0.15) is 0 Å². The number of aliphatic carboxylic acids is 2. The van der Waals surface area contributed by atoms with Crippen LogP contribution in [0.15, 0.2) is 12.1 Å². The minimum atomic E-state index is -1.82. The van der Waals surface area contributed by atoms with Crippen LogP contribution >= 0.6 is 11.6 Å². The fourth-order valence-corrected chi connectivity index (χ4v) is 3.01. The van der Waals surface area contributed by atoms with Gasteiger partial charge in [0.15, 0.2) is 0 Å². The number of ether oxygens (including phenoxy) is 1. The maximum atomic E-state index is 9.10. The van der Waals surface area contributed by atoms with Crippen LogP contribution in [0.4, 0.5) is 0 Å². The Morgan fingerprint density at radius 2 is 1.77 bits per heavy atom. The van der Waals surface area contributed by atoms with Crippen LogP contribution in [-0.4, -0.2) is 66.4 Å². The van der Waals surface area contributed by atoms with Gasteiger partial charge in [-0.15, -0.1) is 0 Å². The molecule has 0 radical (unpaired) electrons. The van der Waals surface area contributed by atoms with E-state index in [4.69, 9.17) is 36.1 Å². The molecule has 0 aliphatic carbocycles. The van der Waals surface area contributed by atoms with Gasteiger partial charge in [0.25, 0.3) is 0 Å². The van der Waals surface area contributed by atoms with Crippen molar-refractivity contribution in [2.24, 2.45) is 0 Å². The standard InChI is InChI=1S/C16H25ClN2O.C2H2O4/c1-13-11-14(2)16(15(17)12-13)20-10-4-3-7-19-8-5-18-6-9-19;3-1(4)2(5)6/h11-12,18H,3-10H2,1-2H3;(H,3,4)(H,5,6). The smallest absolute Gasteiger partial charge is 0.414 e. The molecule has 1 fully saturated rings. The predicted molar refractivity (Wildman–Crippen MR) is 100 cm³/mol. The highest BCUT2D eigenvalue weighted by Crippen LogP contribution is 2.29. The van der Waals surface area contributed by atoms with Gasteiger partial charge in [-0.05, 0) is 50.4 Å². The third-order valence-corrected chi connectivity index (χ3v) is 4.16. The van der Waals surface area contributed by atoms with Crippen LogP contribution < -0.4 is 10.1 Å². The van der Waals surface area contributed by atoms with E-state index in [0.717, 1.165) is 42.5 Å². The van der Waals surface area contributed by atoms with Crippen LogP contribution in [0, 0.1) is 13.8 Å². The molecule has 1 saturated heterocycles. The number of piperazine rings is 1. The predicted octanol–water partition coefficient (Wildman–Crippen LogP) is 2.18. The van der Waals surface area contributed by atoms with Crippen molar-refractivity contribution < 1.29 is 24.5 Å². The monoisotopic (exact) mass is 386 g/mol. The summed E-state index contributed by atoms with van der Waals surface area (Å²) in [7, 11) is 0. The van der Waals surface area contributed by atoms with Crippen LogP contribution in [0.1, 0.15) is 24.0 Å². The fourth-order valence-electron chi connectivity index (χ4n) is 2.63. The third-order valence-electron chi connectivity index (χ3n) is 3.88. The first-order chi connectivity index (χ1) is 12.3. The van der Waals surface area contributed by atoms with Crippen molar-refractivity contribution in [1.82, 2.24) is 10.2 Å². The van der Waals surface area contributed by atoms with Gasteiger partial charge >= 0.3 is 11.9 Å². The largest absolute Gasteiger partial charge is 0.492 e. The Hall–Kier alpha value is -1.83. The van der Waals surface area contributed by atoms with Crippen molar-refractivity contribution in [1.29, 1.82) is 0 Å². The first-order valence-corrected chi connectivity index (χ1v) is 8.98. The number of carbonyl (C=O) groups is 2. The number of nitrogens with zero attached hydrogens (tertiary/aromatic N) is 1. The van der Waals surface area contributed by atoms with Gasteiger partial charge in [0.1, 0.15) is 5.75 Å². The van der Waals surface area contributed by atoms with Crippen LogP contribution in [0.2, 0.25) is 5.02 Å². The summed E-state index contributed by atoms with van der Waals surface area (Å²) >= 11 is 6.23. The second kappa shape index (κ2) is 11.7. The average Bonchev–Trinajstić information content (AvgIpc) is 2.58. The van der Waals surface area contributed by atoms with E-state index in [1.807, 2.05) is 6.07 Å². The molecule has 7 nitrogen and oxygen atoms in total. The SMILES string of the molecule is Cc1cc(C)c(OCCCCN2CCNCC2)c(Cl)c1.O=C(O)C(=O)O. The van der Waals surface area contributed by atoms with Crippen molar-refractivity contribution in [3.8, 4) is 5.75 Å². The lowest BCUT2D eigenvalue weighted by molar-refractivity contribution is -0.159. The van der Waals surface area contributed by atoms with E-state index in [1.165, 1.54) is 31.6 Å². The van der Waals surface area contributed by atoms with E-state index in [2.05, 4.69) is 30.1 Å². The zero-order chi connectivity index (χ0) is 19.5. The summed E-state index contributed by atoms with van der Waals surface area (Å²) in [5.74, 6) is -2.80. The van der Waals surface area contributed by atoms with E-state index in [0.29, 0.717) is 0 Å². The normalized spacial score (nSPS) is 14.3. The van der Waals surface area contributed by atoms with E-state index in [-0.39, 0.29) is 0 Å². The van der Waals surface area contributed by atoms with Crippen molar-refractivity contribution in [3.63, 3.8) is 0 Å². The molecule has 1 aromatic carbocycles. The number of carboxylic acid groups (broad SMARTS) is 2. The molecule has 26 heavy (non-hydrogen) atoms. The van der Waals surface area contributed by atoms with Gasteiger partial charge in [0.2, 0.25) is 0 Å². The Bertz CT molecular complexity index is 568. The quantitative estimate of drug-likeness (QED) is 0.509. The highest BCUT2D eigenvalue weighted by molar-refractivity contribution is 6.32. The van der Waals surface area contributed by atoms with Crippen molar-refractivity contribution in [3.05, 3.63) is 28.3 Å². The van der Waals surface area contributed by atoms with E-state index in [1.54, 1.807) is 0 Å². The zero-order valence-corrected chi connectivity index (χ0v) is 16.0. The number of aryl methyl sites for hydroxylation is 2. The van der Waals surface area contributed by atoms with Gasteiger partial charge in [0, 0.05) is 26.2 Å². The summed E-state index contributed by atoms with van der Waals surface area (Å²) in [6, 6.07) is 4.08. The minimum Gasteiger partial charge on any atom is -0.492 e. The second-order valence-corrected chi connectivity index (χ2v) is 6.56. The highest BCUT2D eigenvalue weighted by Gasteiger charge is 2.09. The lowest BCUT2D eigenvalue weighted by Gasteiger charge is -2.27. The van der Waals surface area contributed by atoms with Crippen LogP contribution in [0.5, 0.6) is 5.75 Å². The van der Waals surface area contributed by atoms with E-state index >= 15 is 0 Å². The molecule has 146 valence electrons. The summed E-state index contributed by atoms with van der Waals surface area (Å²) in [4.78, 5) is 20.7. The average molecular weight is 387 g/mol. The first kappa shape index (κ1) is 22.2. The number of unbranched alkanes of at least 4 members (excludes halogenated alkanes) is 1. The molecule has 1 aromatic rings. The topological polar surface area (TPSA) is 99.1 Å². The molecule has 1 aliphatic rings. The second-order valence-electron chi connectivity index (χ2n) is 6.15. The molecule has 2 rings (SSSR count). The number of halogens is 1. The summed E-state index contributed by atoms with van der Waals surface area (Å²) in [6.07, 6.45) is 2.26. The van der Waals surface area contributed by atoms with Crippen molar-refractivity contribution in [2.45, 2.75) is 26.7 Å². The van der Waals surface area contributed by atoms with E-state index in [9.17, 15) is 0 Å². The fraction of sp³-hybridized carbons (Fsp3) is 0.556. The molecule has 0 atom stereocenters. The molecule has 0 amide bonds. The molecule has 0 bridgehead atoms. The van der Waals surface area contributed by atoms with E-state index < -0.39 is 11.9 Å². The van der Waals surface area contributed by atoms with Crippen molar-refractivity contribution in [2.75, 3.05) is 39.3 Å². The molecular formula is C18H27ClN2O5. The Kier molecular flexibility index (Phi) is 10.0. The Morgan fingerprint density at radius 3 is 2.31 bits per heavy atom. The van der Waals surface area contributed by atoms with Gasteiger partial charge in [-0.1, -0.05) is 17.7 Å². The Labute approximate surface area is 158 Å². The summed E-state index contributed by atoms with van der Waals surface area (Å²) in [5.41, 5.74) is 2.30. The summed E-state index contributed by atoms with van der Waals surface area (Å²) in [6.45, 7) is 10.6. The molecule has 8 heteroatoms. The van der Waals surface area contributed by atoms with Crippen molar-refractivity contribution >= 4 is 23.5 Å². The van der Waals surface area contributed by atoms with Gasteiger partial charge in [0.05, 0.1) is 11.6 Å². The molecule has 0 spiro atoms. The number of rotatable bonds is 6. The van der Waals surface area contributed by atoms with Crippen LogP contribution in [0.25, 0.3) is 0 Å². The zero-order valence-electron chi connectivity index (χ0n) is 15.3. The summed E-state index contributed by atoms with van der Waals surface area (Å²) in [5, 5.41) is 18.9. The summed E-state index contributed by atoms with van der Waals surface area (Å²) < 4.78 is 5.85. The van der Waals surface area contributed by atoms with Crippen LogP contribution in [-0.2, 0) is 9.59 Å².